The Morgan fingerprint density at radius 1 is 1.40 bits per heavy atom. The third-order valence-electron chi connectivity index (χ3n) is 1.26. The molecule has 1 unspecified atom stereocenters. The Morgan fingerprint density at radius 2 is 2.10 bits per heavy atom. The van der Waals surface area contributed by atoms with E-state index in [1.807, 2.05) is 0 Å². The lowest BCUT2D eigenvalue weighted by molar-refractivity contribution is 0.219. The van der Waals surface area contributed by atoms with Crippen molar-refractivity contribution in [2.45, 2.75) is 12.6 Å². The Bertz CT molecular complexity index is 66.8. The second-order valence-electron chi connectivity index (χ2n) is 2.06. The van der Waals surface area contributed by atoms with Crippen LogP contribution in [0.4, 0.5) is 0 Å². The summed E-state index contributed by atoms with van der Waals surface area (Å²) in [6.07, 6.45) is 0.671. The van der Waals surface area contributed by atoms with E-state index in [0.29, 0.717) is 0 Å². The van der Waals surface area contributed by atoms with Gasteiger partial charge >= 0.3 is 0 Å². The fourth-order valence-electron chi connectivity index (χ4n) is 0.613. The van der Waals surface area contributed by atoms with Gasteiger partial charge in [0.25, 0.3) is 0 Å². The summed E-state index contributed by atoms with van der Waals surface area (Å²) in [6, 6.07) is 0. The fourth-order valence-corrected chi connectivity index (χ4v) is 0.613. The molecule has 4 nitrogen and oxygen atoms in total. The minimum absolute atomic E-state index is 0.0495. The predicted molar refractivity (Wildman–Crippen MR) is 39.6 cm³/mol. The van der Waals surface area contributed by atoms with Crippen LogP contribution >= 0.6 is 0 Å². The second kappa shape index (κ2) is 6.95. The Labute approximate surface area is 61.3 Å². The second-order valence-corrected chi connectivity index (χ2v) is 2.06. The molecule has 4 N–H and O–H groups in total. The van der Waals surface area contributed by atoms with Gasteiger partial charge in [0.1, 0.15) is 0 Å². The highest BCUT2D eigenvalue weighted by atomic mass is 16.3. The van der Waals surface area contributed by atoms with E-state index in [9.17, 15) is 0 Å². The Balaban J connectivity index is 3.09. The van der Waals surface area contributed by atoms with Crippen molar-refractivity contribution in [1.29, 1.82) is 0 Å². The molecule has 0 bridgehead atoms. The summed E-state index contributed by atoms with van der Waals surface area (Å²) in [7, 11) is 1.77. The molecule has 0 amide bonds. The minimum Gasteiger partial charge on any atom is -0.396 e. The average Bonchev–Trinajstić information content (AvgIpc) is 1.99. The van der Waals surface area contributed by atoms with E-state index in [1.165, 1.54) is 0 Å². The smallest absolute Gasteiger partial charge is 0.0807 e. The molecule has 0 saturated heterocycles. The number of rotatable bonds is 6. The first kappa shape index (κ1) is 9.84. The van der Waals surface area contributed by atoms with Crippen LogP contribution in [0.1, 0.15) is 6.42 Å². The van der Waals surface area contributed by atoms with E-state index in [-0.39, 0.29) is 19.4 Å². The van der Waals surface area contributed by atoms with Gasteiger partial charge < -0.3 is 15.5 Å². The molecule has 0 saturated carbocycles. The van der Waals surface area contributed by atoms with Gasteiger partial charge in [-0.25, -0.2) is 0 Å². The molecule has 1 atom stereocenters. The molecule has 0 fully saturated rings. The van der Waals surface area contributed by atoms with Gasteiger partial charge in [0.2, 0.25) is 0 Å². The number of hydrogen-bond acceptors (Lipinski definition) is 4. The van der Waals surface area contributed by atoms with Gasteiger partial charge in [-0.1, -0.05) is 0 Å². The molecule has 0 aromatic heterocycles. The molecule has 0 radical (unpaired) electrons. The number of aliphatic hydroxyl groups is 2. The van der Waals surface area contributed by atoms with E-state index in [1.54, 1.807) is 7.05 Å². The van der Waals surface area contributed by atoms with Crippen molar-refractivity contribution in [1.82, 2.24) is 10.6 Å². The van der Waals surface area contributed by atoms with Crippen molar-refractivity contribution in [3.05, 3.63) is 0 Å². The molecule has 0 aliphatic heterocycles. The van der Waals surface area contributed by atoms with Gasteiger partial charge in [0.05, 0.1) is 12.8 Å². The molecule has 0 aliphatic carbocycles. The molecular formula is C6H16N2O2. The SMILES string of the molecule is CNC(CO)NCCCO. The molecule has 0 aromatic carbocycles. The summed E-state index contributed by atoms with van der Waals surface area (Å²) in [5, 5.41) is 22.9. The van der Waals surface area contributed by atoms with Crippen molar-refractivity contribution < 1.29 is 10.2 Å². The summed E-state index contributed by atoms with van der Waals surface area (Å²) in [5.74, 6) is 0. The predicted octanol–water partition coefficient (Wildman–Crippen LogP) is -1.50. The summed E-state index contributed by atoms with van der Waals surface area (Å²) < 4.78 is 0. The van der Waals surface area contributed by atoms with Crippen LogP contribution in [0.3, 0.4) is 0 Å². The van der Waals surface area contributed by atoms with Crippen LogP contribution < -0.4 is 10.6 Å². The first-order valence-electron chi connectivity index (χ1n) is 3.47. The van der Waals surface area contributed by atoms with Crippen LogP contribution in [-0.4, -0.2) is 43.2 Å². The van der Waals surface area contributed by atoms with E-state index in [2.05, 4.69) is 10.6 Å². The molecule has 0 rings (SSSR count). The number of likely N-dealkylation sites (N-methyl/N-ethyl adjacent to an activating group) is 1. The molecule has 0 aliphatic rings. The maximum Gasteiger partial charge on any atom is 0.0807 e. The summed E-state index contributed by atoms with van der Waals surface area (Å²) in [5.41, 5.74) is 0. The first-order chi connectivity index (χ1) is 4.85. The maximum absolute atomic E-state index is 8.64. The molecule has 4 heteroatoms. The number of nitrogens with one attached hydrogen (secondary N) is 2. The third kappa shape index (κ3) is 4.69. The zero-order chi connectivity index (χ0) is 7.82. The highest BCUT2D eigenvalue weighted by Crippen LogP contribution is 1.76. The van der Waals surface area contributed by atoms with Gasteiger partial charge in [0.15, 0.2) is 0 Å². The fraction of sp³-hybridized carbons (Fsp3) is 1.00. The summed E-state index contributed by atoms with van der Waals surface area (Å²) >= 11 is 0. The van der Waals surface area contributed by atoms with E-state index >= 15 is 0 Å². The molecule has 0 heterocycles. The summed E-state index contributed by atoms with van der Waals surface area (Å²) in [6.45, 7) is 0.985. The summed E-state index contributed by atoms with van der Waals surface area (Å²) in [4.78, 5) is 0. The van der Waals surface area contributed by atoms with Gasteiger partial charge in [0, 0.05) is 6.61 Å². The van der Waals surface area contributed by atoms with Crippen LogP contribution in [0.5, 0.6) is 0 Å². The zero-order valence-corrected chi connectivity index (χ0v) is 6.30. The van der Waals surface area contributed by atoms with Gasteiger partial charge in [-0.15, -0.1) is 0 Å². The van der Waals surface area contributed by atoms with E-state index < -0.39 is 0 Å². The first-order valence-corrected chi connectivity index (χ1v) is 3.47. The van der Waals surface area contributed by atoms with Crippen molar-refractivity contribution in [3.8, 4) is 0 Å². The van der Waals surface area contributed by atoms with Crippen molar-refractivity contribution >= 4 is 0 Å². The molecule has 10 heavy (non-hydrogen) atoms. The van der Waals surface area contributed by atoms with Crippen LogP contribution in [0.15, 0.2) is 0 Å². The van der Waals surface area contributed by atoms with Crippen LogP contribution in [0.25, 0.3) is 0 Å². The van der Waals surface area contributed by atoms with Gasteiger partial charge in [-0.3, -0.25) is 5.32 Å². The zero-order valence-electron chi connectivity index (χ0n) is 6.30. The highest BCUT2D eigenvalue weighted by molar-refractivity contribution is 4.58. The Kier molecular flexibility index (Phi) is 6.84. The standard InChI is InChI=1S/C6H16N2O2/c1-7-6(5-10)8-3-2-4-9/h6-10H,2-5H2,1H3. The lowest BCUT2D eigenvalue weighted by Crippen LogP contribution is -2.43. The normalized spacial score (nSPS) is 13.5. The third-order valence-corrected chi connectivity index (χ3v) is 1.26. The Morgan fingerprint density at radius 3 is 2.50 bits per heavy atom. The highest BCUT2D eigenvalue weighted by Gasteiger charge is 1.99. The maximum atomic E-state index is 8.64. The van der Waals surface area contributed by atoms with Crippen molar-refractivity contribution in [2.75, 3.05) is 26.8 Å². The Hall–Kier alpha value is -0.160. The largest absolute Gasteiger partial charge is 0.396 e. The molecular weight excluding hydrogens is 132 g/mol. The van der Waals surface area contributed by atoms with Crippen LogP contribution in [0, 0.1) is 0 Å². The topological polar surface area (TPSA) is 64.5 Å². The average molecular weight is 148 g/mol. The minimum atomic E-state index is -0.0495. The van der Waals surface area contributed by atoms with Crippen LogP contribution in [0.2, 0.25) is 0 Å². The molecule has 0 spiro atoms. The number of aliphatic hydroxyl groups excluding tert-OH is 2. The number of hydrogen-bond donors (Lipinski definition) is 4. The lowest BCUT2D eigenvalue weighted by Gasteiger charge is -2.13. The molecule has 62 valence electrons. The van der Waals surface area contributed by atoms with E-state index in [0.717, 1.165) is 13.0 Å². The van der Waals surface area contributed by atoms with Crippen molar-refractivity contribution in [2.24, 2.45) is 0 Å². The monoisotopic (exact) mass is 148 g/mol. The van der Waals surface area contributed by atoms with Crippen molar-refractivity contribution in [3.63, 3.8) is 0 Å². The van der Waals surface area contributed by atoms with Crippen LogP contribution in [-0.2, 0) is 0 Å². The van der Waals surface area contributed by atoms with Gasteiger partial charge in [-0.05, 0) is 20.0 Å². The quantitative estimate of drug-likeness (QED) is 0.273. The lowest BCUT2D eigenvalue weighted by atomic mass is 10.4. The van der Waals surface area contributed by atoms with E-state index in [4.69, 9.17) is 10.2 Å². The molecule has 0 aromatic rings. The van der Waals surface area contributed by atoms with Gasteiger partial charge in [-0.2, -0.15) is 0 Å².